The highest BCUT2D eigenvalue weighted by atomic mass is 32.2. The molecule has 1 rings (SSSR count). The molecule has 19 heavy (non-hydrogen) atoms. The minimum absolute atomic E-state index is 0.0100. The molecule has 106 valence electrons. The molecule has 1 aromatic rings. The van der Waals surface area contributed by atoms with Crippen LogP contribution in [-0.2, 0) is 14.8 Å². The number of amides is 1. The number of nitrogens with one attached hydrogen (secondary N) is 1. The normalized spacial score (nSPS) is 12.3. The zero-order valence-electron chi connectivity index (χ0n) is 11.6. The summed E-state index contributed by atoms with van der Waals surface area (Å²) in [7, 11) is -3.76. The van der Waals surface area contributed by atoms with Crippen LogP contribution in [0.4, 0.5) is 5.69 Å². The maximum absolute atomic E-state index is 11.8. The summed E-state index contributed by atoms with van der Waals surface area (Å²) in [5.41, 5.74) is 1.13. The van der Waals surface area contributed by atoms with Gasteiger partial charge in [-0.15, -0.1) is 0 Å². The van der Waals surface area contributed by atoms with E-state index in [1.54, 1.807) is 13.0 Å². The topological polar surface area (TPSA) is 89.3 Å². The molecule has 0 aliphatic rings. The Bertz CT molecular complexity index is 586. The van der Waals surface area contributed by atoms with Gasteiger partial charge >= 0.3 is 0 Å². The van der Waals surface area contributed by atoms with Gasteiger partial charge in [-0.2, -0.15) is 0 Å². The van der Waals surface area contributed by atoms with Crippen LogP contribution in [-0.4, -0.2) is 14.3 Å². The Labute approximate surface area is 114 Å². The van der Waals surface area contributed by atoms with E-state index in [0.29, 0.717) is 12.1 Å². The highest BCUT2D eigenvalue weighted by Crippen LogP contribution is 2.22. The van der Waals surface area contributed by atoms with E-state index >= 15 is 0 Å². The number of aryl methyl sites for hydroxylation is 1. The Morgan fingerprint density at radius 2 is 1.89 bits per heavy atom. The van der Waals surface area contributed by atoms with E-state index in [2.05, 4.69) is 5.32 Å². The van der Waals surface area contributed by atoms with Gasteiger partial charge in [0.25, 0.3) is 0 Å². The van der Waals surface area contributed by atoms with Gasteiger partial charge in [0.2, 0.25) is 15.9 Å². The van der Waals surface area contributed by atoms with Gasteiger partial charge in [0.1, 0.15) is 0 Å². The Morgan fingerprint density at radius 3 is 2.37 bits per heavy atom. The molecule has 1 amide bonds. The molecule has 0 aromatic heterocycles. The Morgan fingerprint density at radius 1 is 1.32 bits per heavy atom. The average molecular weight is 284 g/mol. The number of sulfonamides is 1. The second-order valence-electron chi connectivity index (χ2n) is 5.81. The first-order chi connectivity index (χ1) is 8.49. The van der Waals surface area contributed by atoms with Gasteiger partial charge in [0, 0.05) is 12.1 Å². The van der Waals surface area contributed by atoms with E-state index < -0.39 is 10.0 Å². The van der Waals surface area contributed by atoms with E-state index in [9.17, 15) is 13.2 Å². The van der Waals surface area contributed by atoms with Crippen LogP contribution in [0.5, 0.6) is 0 Å². The van der Waals surface area contributed by atoms with Crippen LogP contribution in [0.1, 0.15) is 32.8 Å². The van der Waals surface area contributed by atoms with Gasteiger partial charge in [0.05, 0.1) is 4.90 Å². The quantitative estimate of drug-likeness (QED) is 0.889. The fourth-order valence-electron chi connectivity index (χ4n) is 1.59. The summed E-state index contributed by atoms with van der Waals surface area (Å²) >= 11 is 0. The lowest BCUT2D eigenvalue weighted by Crippen LogP contribution is -2.20. The van der Waals surface area contributed by atoms with Crippen molar-refractivity contribution in [2.24, 2.45) is 10.6 Å². The minimum Gasteiger partial charge on any atom is -0.326 e. The highest BCUT2D eigenvalue weighted by molar-refractivity contribution is 7.89. The van der Waals surface area contributed by atoms with Crippen LogP contribution in [0.15, 0.2) is 23.1 Å². The summed E-state index contributed by atoms with van der Waals surface area (Å²) in [5.74, 6) is -0.151. The number of nitrogens with two attached hydrogens (primary N) is 1. The zero-order valence-corrected chi connectivity index (χ0v) is 12.5. The first-order valence-corrected chi connectivity index (χ1v) is 7.47. The molecule has 0 aliphatic carbocycles. The summed E-state index contributed by atoms with van der Waals surface area (Å²) in [5, 5.41) is 7.79. The number of carbonyl (C=O) groups is 1. The van der Waals surface area contributed by atoms with E-state index in [4.69, 9.17) is 5.14 Å². The molecule has 0 fully saturated rings. The van der Waals surface area contributed by atoms with Crippen LogP contribution >= 0.6 is 0 Å². The molecule has 6 heteroatoms. The fourth-order valence-corrected chi connectivity index (χ4v) is 2.13. The van der Waals surface area contributed by atoms with Crippen LogP contribution in [0, 0.1) is 12.3 Å². The van der Waals surface area contributed by atoms with Gasteiger partial charge in [-0.1, -0.05) is 26.8 Å². The molecule has 0 unspecified atom stereocenters. The molecule has 0 bridgehead atoms. The summed E-state index contributed by atoms with van der Waals surface area (Å²) < 4.78 is 22.6. The molecule has 0 atom stereocenters. The number of hydrogen-bond acceptors (Lipinski definition) is 3. The van der Waals surface area contributed by atoms with Gasteiger partial charge < -0.3 is 5.32 Å². The molecule has 0 aliphatic heterocycles. The van der Waals surface area contributed by atoms with Crippen LogP contribution in [0.2, 0.25) is 0 Å². The molecule has 0 saturated carbocycles. The lowest BCUT2D eigenvalue weighted by Gasteiger charge is -2.18. The first kappa shape index (κ1) is 15.7. The first-order valence-electron chi connectivity index (χ1n) is 5.92. The van der Waals surface area contributed by atoms with Crippen molar-refractivity contribution in [3.8, 4) is 0 Å². The monoisotopic (exact) mass is 284 g/mol. The van der Waals surface area contributed by atoms with Crippen molar-refractivity contribution in [3.63, 3.8) is 0 Å². The van der Waals surface area contributed by atoms with Crippen molar-refractivity contribution in [3.05, 3.63) is 23.8 Å². The third-order valence-electron chi connectivity index (χ3n) is 2.50. The predicted octanol–water partition coefficient (Wildman–Crippen LogP) is 2.02. The average Bonchev–Trinajstić information content (AvgIpc) is 2.16. The van der Waals surface area contributed by atoms with Crippen LogP contribution < -0.4 is 10.5 Å². The maximum atomic E-state index is 11.8. The van der Waals surface area contributed by atoms with Crippen molar-refractivity contribution in [2.45, 2.75) is 39.0 Å². The van der Waals surface area contributed by atoms with Gasteiger partial charge in [0.15, 0.2) is 0 Å². The van der Waals surface area contributed by atoms with Gasteiger partial charge in [-0.25, -0.2) is 13.6 Å². The Kier molecular flexibility index (Phi) is 4.37. The summed E-state index contributed by atoms with van der Waals surface area (Å²) in [6.07, 6.45) is 0.353. The SMILES string of the molecule is Cc1ccc(S(N)(=O)=O)cc1NC(=O)CC(C)(C)C. The largest absolute Gasteiger partial charge is 0.326 e. The molecule has 3 N–H and O–H groups in total. The zero-order chi connectivity index (χ0) is 14.8. The number of hydrogen-bond donors (Lipinski definition) is 2. The van der Waals surface area contributed by atoms with E-state index in [0.717, 1.165) is 5.56 Å². The van der Waals surface area contributed by atoms with Crippen molar-refractivity contribution >= 4 is 21.6 Å². The molecule has 1 aromatic carbocycles. The number of rotatable bonds is 3. The predicted molar refractivity (Wildman–Crippen MR) is 75.3 cm³/mol. The summed E-state index contributed by atoms with van der Waals surface area (Å²) in [6, 6.07) is 4.42. The molecular weight excluding hydrogens is 264 g/mol. The minimum atomic E-state index is -3.76. The number of benzene rings is 1. The van der Waals surface area contributed by atoms with E-state index in [1.165, 1.54) is 12.1 Å². The molecular formula is C13H20N2O3S. The van der Waals surface area contributed by atoms with Gasteiger partial charge in [-0.3, -0.25) is 4.79 Å². The molecule has 0 spiro atoms. The molecule has 0 radical (unpaired) electrons. The van der Waals surface area contributed by atoms with E-state index in [-0.39, 0.29) is 16.2 Å². The number of carbonyl (C=O) groups excluding carboxylic acids is 1. The molecule has 0 saturated heterocycles. The van der Waals surface area contributed by atoms with Crippen LogP contribution in [0.3, 0.4) is 0 Å². The van der Waals surface area contributed by atoms with Crippen LogP contribution in [0.25, 0.3) is 0 Å². The maximum Gasteiger partial charge on any atom is 0.238 e. The number of primary sulfonamides is 1. The summed E-state index contributed by atoms with van der Waals surface area (Å²) in [6.45, 7) is 7.67. The van der Waals surface area contributed by atoms with Gasteiger partial charge in [-0.05, 0) is 30.0 Å². The van der Waals surface area contributed by atoms with Crippen molar-refractivity contribution in [1.29, 1.82) is 0 Å². The lowest BCUT2D eigenvalue weighted by molar-refractivity contribution is -0.117. The highest BCUT2D eigenvalue weighted by Gasteiger charge is 2.17. The Hall–Kier alpha value is -1.40. The second kappa shape index (κ2) is 5.30. The number of anilines is 1. The smallest absolute Gasteiger partial charge is 0.238 e. The Balaban J connectivity index is 2.99. The van der Waals surface area contributed by atoms with E-state index in [1.807, 2.05) is 20.8 Å². The lowest BCUT2D eigenvalue weighted by atomic mass is 9.92. The molecule has 0 heterocycles. The van der Waals surface area contributed by atoms with Crippen molar-refractivity contribution < 1.29 is 13.2 Å². The fraction of sp³-hybridized carbons (Fsp3) is 0.462. The molecule has 5 nitrogen and oxygen atoms in total. The van der Waals surface area contributed by atoms with Crippen molar-refractivity contribution in [1.82, 2.24) is 0 Å². The third-order valence-corrected chi connectivity index (χ3v) is 3.41. The third kappa shape index (κ3) is 5.00. The summed E-state index contributed by atoms with van der Waals surface area (Å²) in [4.78, 5) is 11.8. The standard InChI is InChI=1S/C13H20N2O3S/c1-9-5-6-10(19(14,17)18)7-11(9)15-12(16)8-13(2,3)4/h5-7H,8H2,1-4H3,(H,15,16)(H2,14,17,18). The van der Waals surface area contributed by atoms with Crippen molar-refractivity contribution in [2.75, 3.05) is 5.32 Å². The second-order valence-corrected chi connectivity index (χ2v) is 7.37.